The first-order valence-electron chi connectivity index (χ1n) is 9.05. The van der Waals surface area contributed by atoms with E-state index in [2.05, 4.69) is 0 Å². The molecule has 0 aliphatic rings. The van der Waals surface area contributed by atoms with E-state index in [1.165, 1.54) is 0 Å². The van der Waals surface area contributed by atoms with E-state index < -0.39 is 0 Å². The van der Waals surface area contributed by atoms with Gasteiger partial charge in [-0.1, -0.05) is 0 Å². The van der Waals surface area contributed by atoms with Crippen LogP contribution in [0.4, 0.5) is 0 Å². The minimum Gasteiger partial charge on any atom is -0.464 e. The lowest BCUT2D eigenvalue weighted by Crippen LogP contribution is -2.27. The number of nitrogens with zero attached hydrogens (tertiary/aromatic N) is 2. The Hall–Kier alpha value is -3.28. The van der Waals surface area contributed by atoms with E-state index in [9.17, 15) is 9.59 Å². The van der Waals surface area contributed by atoms with Crippen LogP contribution in [0.25, 0.3) is 0 Å². The van der Waals surface area contributed by atoms with Gasteiger partial charge >= 0.3 is 0 Å². The van der Waals surface area contributed by atoms with E-state index in [-0.39, 0.29) is 11.8 Å². The molecule has 0 radical (unpaired) electrons. The average molecular weight is 380 g/mol. The van der Waals surface area contributed by atoms with Gasteiger partial charge in [0.2, 0.25) is 0 Å². The van der Waals surface area contributed by atoms with E-state index in [4.69, 9.17) is 8.83 Å². The van der Waals surface area contributed by atoms with Crippen LogP contribution < -0.4 is 0 Å². The van der Waals surface area contributed by atoms with Gasteiger partial charge in [-0.15, -0.1) is 0 Å². The van der Waals surface area contributed by atoms with Crippen molar-refractivity contribution in [2.24, 2.45) is 0 Å². The standard InChI is InChI=1S/C22H24N2O4/c1-15-5-11-19(27-15)13-23(3)21(25)17-7-9-18(10-8-17)22(26)24(4)14-20-12-6-16(2)28-20/h5-12H,13-14H2,1-4H3. The number of aryl methyl sites for hydroxylation is 2. The molecule has 3 aromatic rings. The molecule has 0 aliphatic carbocycles. The van der Waals surface area contributed by atoms with Gasteiger partial charge in [-0.2, -0.15) is 0 Å². The van der Waals surface area contributed by atoms with Gasteiger partial charge in [0.05, 0.1) is 13.1 Å². The monoisotopic (exact) mass is 380 g/mol. The molecular weight excluding hydrogens is 356 g/mol. The molecule has 0 unspecified atom stereocenters. The van der Waals surface area contributed by atoms with Crippen LogP contribution in [0.2, 0.25) is 0 Å². The lowest BCUT2D eigenvalue weighted by Gasteiger charge is -2.17. The molecular formula is C22H24N2O4. The van der Waals surface area contributed by atoms with Gasteiger partial charge in [-0.05, 0) is 62.4 Å². The van der Waals surface area contributed by atoms with E-state index in [0.29, 0.717) is 24.2 Å². The summed E-state index contributed by atoms with van der Waals surface area (Å²) in [7, 11) is 3.44. The molecule has 2 heterocycles. The van der Waals surface area contributed by atoms with E-state index in [1.54, 1.807) is 48.2 Å². The van der Waals surface area contributed by atoms with Gasteiger partial charge in [0.1, 0.15) is 23.0 Å². The molecule has 0 N–H and O–H groups in total. The topological polar surface area (TPSA) is 66.9 Å². The zero-order chi connectivity index (χ0) is 20.3. The number of hydrogen-bond acceptors (Lipinski definition) is 4. The number of furan rings is 2. The number of carbonyl (C=O) groups excluding carboxylic acids is 2. The van der Waals surface area contributed by atoms with Crippen LogP contribution in [0.3, 0.4) is 0 Å². The highest BCUT2D eigenvalue weighted by molar-refractivity contribution is 5.97. The van der Waals surface area contributed by atoms with Gasteiger partial charge < -0.3 is 18.6 Å². The summed E-state index contributed by atoms with van der Waals surface area (Å²) in [5.74, 6) is 2.82. The van der Waals surface area contributed by atoms with Crippen molar-refractivity contribution in [3.63, 3.8) is 0 Å². The van der Waals surface area contributed by atoms with Crippen LogP contribution in [-0.4, -0.2) is 35.7 Å². The Morgan fingerprint density at radius 1 is 0.679 bits per heavy atom. The molecule has 6 nitrogen and oxygen atoms in total. The maximum Gasteiger partial charge on any atom is 0.254 e. The molecule has 0 bridgehead atoms. The minimum atomic E-state index is -0.132. The first-order valence-corrected chi connectivity index (χ1v) is 9.05. The zero-order valence-corrected chi connectivity index (χ0v) is 16.6. The largest absolute Gasteiger partial charge is 0.464 e. The Morgan fingerprint density at radius 3 is 1.32 bits per heavy atom. The van der Waals surface area contributed by atoms with E-state index in [0.717, 1.165) is 23.0 Å². The minimum absolute atomic E-state index is 0.132. The molecule has 2 aromatic heterocycles. The quantitative estimate of drug-likeness (QED) is 0.647. The lowest BCUT2D eigenvalue weighted by atomic mass is 10.1. The summed E-state index contributed by atoms with van der Waals surface area (Å²) in [5.41, 5.74) is 1.04. The van der Waals surface area contributed by atoms with Crippen LogP contribution in [0, 0.1) is 13.8 Å². The molecule has 0 spiro atoms. The van der Waals surface area contributed by atoms with Gasteiger partial charge in [-0.3, -0.25) is 9.59 Å². The first-order chi connectivity index (χ1) is 13.3. The molecule has 0 aliphatic heterocycles. The van der Waals surface area contributed by atoms with Crippen molar-refractivity contribution >= 4 is 11.8 Å². The van der Waals surface area contributed by atoms with Crippen molar-refractivity contribution in [1.82, 2.24) is 9.80 Å². The number of amides is 2. The average Bonchev–Trinajstić information content (AvgIpc) is 3.28. The molecule has 28 heavy (non-hydrogen) atoms. The molecule has 0 fully saturated rings. The second kappa shape index (κ2) is 8.17. The van der Waals surface area contributed by atoms with Crippen molar-refractivity contribution in [2.45, 2.75) is 26.9 Å². The van der Waals surface area contributed by atoms with Gasteiger partial charge in [0.25, 0.3) is 11.8 Å². The number of hydrogen-bond donors (Lipinski definition) is 0. The molecule has 0 saturated heterocycles. The summed E-state index contributed by atoms with van der Waals surface area (Å²) in [6.07, 6.45) is 0. The maximum atomic E-state index is 12.6. The van der Waals surface area contributed by atoms with Crippen LogP contribution >= 0.6 is 0 Å². The van der Waals surface area contributed by atoms with E-state index >= 15 is 0 Å². The molecule has 6 heteroatoms. The fourth-order valence-electron chi connectivity index (χ4n) is 2.95. The number of benzene rings is 1. The van der Waals surface area contributed by atoms with Crippen molar-refractivity contribution in [2.75, 3.05) is 14.1 Å². The Morgan fingerprint density at radius 2 is 1.04 bits per heavy atom. The number of carbonyl (C=O) groups is 2. The van der Waals surface area contributed by atoms with Gasteiger partial charge in [-0.25, -0.2) is 0 Å². The SMILES string of the molecule is Cc1ccc(CN(C)C(=O)c2ccc(C(=O)N(C)Cc3ccc(C)o3)cc2)o1. The van der Waals surface area contributed by atoms with Gasteiger partial charge in [0, 0.05) is 25.2 Å². The summed E-state index contributed by atoms with van der Waals surface area (Å²) >= 11 is 0. The Labute approximate surface area is 164 Å². The van der Waals surface area contributed by atoms with E-state index in [1.807, 2.05) is 38.1 Å². The van der Waals surface area contributed by atoms with Crippen molar-refractivity contribution in [3.05, 3.63) is 82.7 Å². The summed E-state index contributed by atoms with van der Waals surface area (Å²) in [4.78, 5) is 28.3. The zero-order valence-electron chi connectivity index (χ0n) is 16.6. The highest BCUT2D eigenvalue weighted by Gasteiger charge is 2.17. The lowest BCUT2D eigenvalue weighted by molar-refractivity contribution is 0.0764. The Balaban J connectivity index is 1.63. The van der Waals surface area contributed by atoms with Crippen molar-refractivity contribution in [3.8, 4) is 0 Å². The van der Waals surface area contributed by atoms with Gasteiger partial charge in [0.15, 0.2) is 0 Å². The second-order valence-corrected chi connectivity index (χ2v) is 6.92. The third-order valence-corrected chi connectivity index (χ3v) is 4.45. The predicted molar refractivity (Wildman–Crippen MR) is 105 cm³/mol. The second-order valence-electron chi connectivity index (χ2n) is 6.92. The summed E-state index contributed by atoms with van der Waals surface area (Å²) in [6.45, 7) is 4.51. The molecule has 146 valence electrons. The fourth-order valence-corrected chi connectivity index (χ4v) is 2.95. The smallest absolute Gasteiger partial charge is 0.254 e. The van der Waals surface area contributed by atoms with Crippen LogP contribution in [0.5, 0.6) is 0 Å². The predicted octanol–water partition coefficient (Wildman–Crippen LogP) is 4.03. The summed E-state index contributed by atoms with van der Waals surface area (Å²) in [6, 6.07) is 14.1. The Kier molecular flexibility index (Phi) is 5.68. The first kappa shape index (κ1) is 19.5. The van der Waals surface area contributed by atoms with Crippen molar-refractivity contribution < 1.29 is 18.4 Å². The summed E-state index contributed by atoms with van der Waals surface area (Å²) < 4.78 is 11.0. The highest BCUT2D eigenvalue weighted by Crippen LogP contribution is 2.14. The van der Waals surface area contributed by atoms with Crippen LogP contribution in [0.15, 0.2) is 57.4 Å². The highest BCUT2D eigenvalue weighted by atomic mass is 16.3. The normalized spacial score (nSPS) is 10.7. The van der Waals surface area contributed by atoms with Crippen molar-refractivity contribution in [1.29, 1.82) is 0 Å². The third kappa shape index (κ3) is 4.52. The Bertz CT molecular complexity index is 889. The molecule has 1 aromatic carbocycles. The molecule has 0 atom stereocenters. The van der Waals surface area contributed by atoms with Crippen LogP contribution in [-0.2, 0) is 13.1 Å². The number of rotatable bonds is 6. The molecule has 2 amide bonds. The maximum absolute atomic E-state index is 12.6. The van der Waals surface area contributed by atoms with Crippen LogP contribution in [0.1, 0.15) is 43.8 Å². The third-order valence-electron chi connectivity index (χ3n) is 4.45. The summed E-state index contributed by atoms with van der Waals surface area (Å²) in [5, 5.41) is 0. The molecule has 0 saturated carbocycles. The molecule has 3 rings (SSSR count). The fraction of sp³-hybridized carbons (Fsp3) is 0.273.